The molecule has 0 amide bonds. The first-order valence-electron chi connectivity index (χ1n) is 4.66. The van der Waals surface area contributed by atoms with Crippen molar-refractivity contribution in [3.8, 4) is 6.07 Å². The molecule has 0 aromatic heterocycles. The van der Waals surface area contributed by atoms with Crippen LogP contribution in [0.15, 0.2) is 12.1 Å². The highest BCUT2D eigenvalue weighted by Gasteiger charge is 2.32. The SMILES string of the molecule is COC(=O)Cc1cc(C(F)(F)F)cc(C#N)c1Cl. The summed E-state index contributed by atoms with van der Waals surface area (Å²) in [6.45, 7) is 0. The second-order valence-electron chi connectivity index (χ2n) is 3.36. The number of nitrogens with zero attached hydrogens (tertiary/aromatic N) is 1. The molecule has 3 nitrogen and oxygen atoms in total. The number of alkyl halides is 3. The number of methoxy groups -OCH3 is 1. The Bertz CT molecular complexity index is 520. The molecule has 0 unspecified atom stereocenters. The van der Waals surface area contributed by atoms with Crippen molar-refractivity contribution in [3.05, 3.63) is 33.8 Å². The standard InChI is InChI=1S/C11H7ClF3NO2/c1-18-9(17)4-6-2-8(11(13,14)15)3-7(5-16)10(6)12/h2-3H,4H2,1H3. The van der Waals surface area contributed by atoms with Crippen LogP contribution in [0.3, 0.4) is 0 Å². The summed E-state index contributed by atoms with van der Waals surface area (Å²) in [5, 5.41) is 8.54. The third-order valence-electron chi connectivity index (χ3n) is 2.16. The van der Waals surface area contributed by atoms with Gasteiger partial charge in [-0.15, -0.1) is 0 Å². The number of nitriles is 1. The van der Waals surface area contributed by atoms with Crippen LogP contribution in [-0.4, -0.2) is 13.1 Å². The lowest BCUT2D eigenvalue weighted by atomic mass is 10.0. The van der Waals surface area contributed by atoms with Crippen LogP contribution in [0.1, 0.15) is 16.7 Å². The van der Waals surface area contributed by atoms with Gasteiger partial charge in [-0.2, -0.15) is 18.4 Å². The smallest absolute Gasteiger partial charge is 0.416 e. The van der Waals surface area contributed by atoms with Crippen molar-refractivity contribution in [1.29, 1.82) is 5.26 Å². The quantitative estimate of drug-likeness (QED) is 0.781. The van der Waals surface area contributed by atoms with Crippen molar-refractivity contribution >= 4 is 17.6 Å². The molecule has 0 aliphatic carbocycles. The van der Waals surface area contributed by atoms with Gasteiger partial charge in [-0.1, -0.05) is 11.6 Å². The summed E-state index contributed by atoms with van der Waals surface area (Å²) in [5.74, 6) is -0.736. The summed E-state index contributed by atoms with van der Waals surface area (Å²) in [6.07, 6.45) is -5.03. The van der Waals surface area contributed by atoms with E-state index in [0.29, 0.717) is 6.07 Å². The molecule has 0 spiro atoms. The van der Waals surface area contributed by atoms with E-state index >= 15 is 0 Å². The molecule has 7 heteroatoms. The summed E-state index contributed by atoms with van der Waals surface area (Å²) in [6, 6.07) is 2.93. The third-order valence-corrected chi connectivity index (χ3v) is 2.60. The number of hydrogen-bond donors (Lipinski definition) is 0. The topological polar surface area (TPSA) is 50.1 Å². The minimum Gasteiger partial charge on any atom is -0.469 e. The summed E-state index contributed by atoms with van der Waals surface area (Å²) in [5.41, 5.74) is -1.44. The van der Waals surface area contributed by atoms with Gasteiger partial charge in [-0.05, 0) is 17.7 Å². The zero-order chi connectivity index (χ0) is 13.9. The molecule has 0 heterocycles. The Morgan fingerprint density at radius 2 is 2.11 bits per heavy atom. The Labute approximate surface area is 106 Å². The largest absolute Gasteiger partial charge is 0.469 e. The van der Waals surface area contributed by atoms with Gasteiger partial charge in [0.15, 0.2) is 0 Å². The summed E-state index contributed by atoms with van der Waals surface area (Å²) in [4.78, 5) is 11.0. The van der Waals surface area contributed by atoms with Gasteiger partial charge in [0.2, 0.25) is 0 Å². The molecule has 0 N–H and O–H groups in total. The average Bonchev–Trinajstić information content (AvgIpc) is 2.30. The van der Waals surface area contributed by atoms with E-state index in [4.69, 9.17) is 16.9 Å². The molecule has 0 saturated carbocycles. The Morgan fingerprint density at radius 3 is 2.56 bits per heavy atom. The van der Waals surface area contributed by atoms with E-state index in [1.54, 1.807) is 6.07 Å². The number of rotatable bonds is 2. The van der Waals surface area contributed by atoms with Gasteiger partial charge in [0.25, 0.3) is 0 Å². The van der Waals surface area contributed by atoms with Gasteiger partial charge in [0.1, 0.15) is 6.07 Å². The molecule has 1 rings (SSSR count). The number of carbonyl (C=O) groups is 1. The zero-order valence-electron chi connectivity index (χ0n) is 9.14. The maximum Gasteiger partial charge on any atom is 0.416 e. The molecular formula is C11H7ClF3NO2. The van der Waals surface area contributed by atoms with Gasteiger partial charge in [-0.25, -0.2) is 0 Å². The number of ether oxygens (including phenoxy) is 1. The molecular weight excluding hydrogens is 271 g/mol. The van der Waals surface area contributed by atoms with Crippen LogP contribution >= 0.6 is 11.6 Å². The molecule has 0 bridgehead atoms. The fraction of sp³-hybridized carbons (Fsp3) is 0.273. The maximum atomic E-state index is 12.6. The molecule has 0 aliphatic rings. The van der Waals surface area contributed by atoms with E-state index in [9.17, 15) is 18.0 Å². The van der Waals surface area contributed by atoms with Crippen molar-refractivity contribution in [2.24, 2.45) is 0 Å². The van der Waals surface area contributed by atoms with Crippen LogP contribution in [0.4, 0.5) is 13.2 Å². The highest BCUT2D eigenvalue weighted by atomic mass is 35.5. The van der Waals surface area contributed by atoms with Gasteiger partial charge in [-0.3, -0.25) is 4.79 Å². The van der Waals surface area contributed by atoms with Gasteiger partial charge in [0.05, 0.1) is 29.7 Å². The van der Waals surface area contributed by atoms with Crippen LogP contribution in [0.5, 0.6) is 0 Å². The van der Waals surface area contributed by atoms with E-state index < -0.39 is 24.1 Å². The van der Waals surface area contributed by atoms with Crippen LogP contribution in [0, 0.1) is 11.3 Å². The molecule has 1 aromatic carbocycles. The summed E-state index contributed by atoms with van der Waals surface area (Å²) < 4.78 is 42.0. The Morgan fingerprint density at radius 1 is 1.50 bits per heavy atom. The normalized spacial score (nSPS) is 10.9. The lowest BCUT2D eigenvalue weighted by Crippen LogP contribution is -2.10. The third kappa shape index (κ3) is 3.14. The molecule has 0 saturated heterocycles. The zero-order valence-corrected chi connectivity index (χ0v) is 9.89. The van der Waals surface area contributed by atoms with Crippen molar-refractivity contribution in [2.45, 2.75) is 12.6 Å². The van der Waals surface area contributed by atoms with Crippen LogP contribution in [0.2, 0.25) is 5.02 Å². The van der Waals surface area contributed by atoms with E-state index in [1.165, 1.54) is 0 Å². The molecule has 0 atom stereocenters. The van der Waals surface area contributed by atoms with Crippen molar-refractivity contribution < 1.29 is 22.7 Å². The highest BCUT2D eigenvalue weighted by molar-refractivity contribution is 6.32. The van der Waals surface area contributed by atoms with E-state index in [1.807, 2.05) is 0 Å². The van der Waals surface area contributed by atoms with E-state index in [0.717, 1.165) is 13.2 Å². The second kappa shape index (κ2) is 5.27. The fourth-order valence-corrected chi connectivity index (χ4v) is 1.50. The fourth-order valence-electron chi connectivity index (χ4n) is 1.29. The first-order valence-corrected chi connectivity index (χ1v) is 5.04. The van der Waals surface area contributed by atoms with Crippen LogP contribution < -0.4 is 0 Å². The first-order chi connectivity index (χ1) is 8.29. The average molecular weight is 278 g/mol. The van der Waals surface area contributed by atoms with Gasteiger partial charge >= 0.3 is 12.1 Å². The van der Waals surface area contributed by atoms with Crippen LogP contribution in [0.25, 0.3) is 0 Å². The number of halogens is 4. The monoisotopic (exact) mass is 277 g/mol. The molecule has 0 fully saturated rings. The molecule has 1 aromatic rings. The number of hydrogen-bond acceptors (Lipinski definition) is 3. The van der Waals surface area contributed by atoms with Crippen molar-refractivity contribution in [2.75, 3.05) is 7.11 Å². The minimum atomic E-state index is -4.61. The van der Waals surface area contributed by atoms with Gasteiger partial charge < -0.3 is 4.74 Å². The molecule has 96 valence electrons. The number of carbonyl (C=O) groups excluding carboxylic acids is 1. The molecule has 0 radical (unpaired) electrons. The van der Waals surface area contributed by atoms with Crippen LogP contribution in [-0.2, 0) is 22.1 Å². The predicted octanol–water partition coefficient (Wildman–Crippen LogP) is 2.95. The number of benzene rings is 1. The minimum absolute atomic E-state index is 0.0881. The van der Waals surface area contributed by atoms with Gasteiger partial charge in [0, 0.05) is 0 Å². The Balaban J connectivity index is 3.33. The summed E-state index contributed by atoms with van der Waals surface area (Å²) in [7, 11) is 1.11. The lowest BCUT2D eigenvalue weighted by molar-refractivity contribution is -0.140. The lowest BCUT2D eigenvalue weighted by Gasteiger charge is -2.11. The molecule has 18 heavy (non-hydrogen) atoms. The predicted molar refractivity (Wildman–Crippen MR) is 56.9 cm³/mol. The number of esters is 1. The van der Waals surface area contributed by atoms with E-state index in [2.05, 4.69) is 4.74 Å². The summed E-state index contributed by atoms with van der Waals surface area (Å²) >= 11 is 5.73. The maximum absolute atomic E-state index is 12.6. The van der Waals surface area contributed by atoms with Crippen molar-refractivity contribution in [1.82, 2.24) is 0 Å². The first kappa shape index (κ1) is 14.3. The van der Waals surface area contributed by atoms with Crippen molar-refractivity contribution in [3.63, 3.8) is 0 Å². The molecule has 0 aliphatic heterocycles. The second-order valence-corrected chi connectivity index (χ2v) is 3.74. The Kier molecular flexibility index (Phi) is 4.19. The Hall–Kier alpha value is -1.74. The highest BCUT2D eigenvalue weighted by Crippen LogP contribution is 2.34. The van der Waals surface area contributed by atoms with E-state index in [-0.39, 0.29) is 16.1 Å².